The van der Waals surface area contributed by atoms with Crippen molar-refractivity contribution in [3.63, 3.8) is 0 Å². The number of carbonyl (C=O) groups is 1. The zero-order valence-electron chi connectivity index (χ0n) is 16.4. The molecule has 0 bridgehead atoms. The third-order valence-corrected chi connectivity index (χ3v) is 5.93. The molecule has 1 aromatic rings. The lowest BCUT2D eigenvalue weighted by molar-refractivity contribution is -0.140. The number of nitrogens with two attached hydrogens (primary N) is 1. The number of aromatic nitrogens is 2. The van der Waals surface area contributed by atoms with Crippen molar-refractivity contribution < 1.29 is 9.53 Å². The molecule has 28 heavy (non-hydrogen) atoms. The van der Waals surface area contributed by atoms with Gasteiger partial charge in [-0.25, -0.2) is 9.97 Å². The molecule has 2 saturated heterocycles. The van der Waals surface area contributed by atoms with E-state index in [-0.39, 0.29) is 30.7 Å². The monoisotopic (exact) mass is 431 g/mol. The Morgan fingerprint density at radius 1 is 1.11 bits per heavy atom. The highest BCUT2D eigenvalue weighted by atomic mass is 35.5. The molecule has 3 heterocycles. The van der Waals surface area contributed by atoms with E-state index in [9.17, 15) is 4.79 Å². The fourth-order valence-corrected chi connectivity index (χ4v) is 4.25. The fraction of sp³-hybridized carbons (Fsp3) is 0.737. The molecule has 7 nitrogen and oxygen atoms in total. The fourth-order valence-electron chi connectivity index (χ4n) is 4.25. The Hall–Kier alpha value is -1.15. The van der Waals surface area contributed by atoms with Crippen LogP contribution in [-0.2, 0) is 9.53 Å². The molecule has 0 aromatic carbocycles. The maximum Gasteiger partial charge on any atom is 0.225 e. The second-order valence-corrected chi connectivity index (χ2v) is 7.83. The average Bonchev–Trinajstić information content (AvgIpc) is 2.65. The van der Waals surface area contributed by atoms with Crippen molar-refractivity contribution in [2.75, 3.05) is 44.3 Å². The van der Waals surface area contributed by atoms with Gasteiger partial charge >= 0.3 is 0 Å². The minimum atomic E-state index is 0. The van der Waals surface area contributed by atoms with Gasteiger partial charge in [0.15, 0.2) is 0 Å². The summed E-state index contributed by atoms with van der Waals surface area (Å²) in [5, 5.41) is 0. The van der Waals surface area contributed by atoms with Gasteiger partial charge in [-0.2, -0.15) is 0 Å². The van der Waals surface area contributed by atoms with E-state index in [0.717, 1.165) is 69.2 Å². The summed E-state index contributed by atoms with van der Waals surface area (Å²) in [5.41, 5.74) is 7.06. The highest BCUT2D eigenvalue weighted by Crippen LogP contribution is 2.36. The van der Waals surface area contributed by atoms with Gasteiger partial charge in [-0.1, -0.05) is 0 Å². The molecule has 3 fully saturated rings. The first-order valence-corrected chi connectivity index (χ1v) is 9.83. The number of anilines is 1. The third-order valence-electron chi connectivity index (χ3n) is 5.93. The average molecular weight is 432 g/mol. The molecule has 3 aliphatic rings. The molecule has 2 N–H and O–H groups in total. The van der Waals surface area contributed by atoms with Crippen LogP contribution in [0.1, 0.15) is 43.1 Å². The van der Waals surface area contributed by atoms with Gasteiger partial charge in [0.1, 0.15) is 11.6 Å². The first kappa shape index (κ1) is 23.1. The van der Waals surface area contributed by atoms with Gasteiger partial charge < -0.3 is 20.3 Å². The molecule has 9 heteroatoms. The van der Waals surface area contributed by atoms with Crippen LogP contribution in [-0.4, -0.2) is 66.2 Å². The van der Waals surface area contributed by atoms with Crippen molar-refractivity contribution in [3.8, 4) is 0 Å². The first-order valence-electron chi connectivity index (χ1n) is 9.83. The van der Waals surface area contributed by atoms with Gasteiger partial charge in [-0.3, -0.25) is 4.79 Å². The van der Waals surface area contributed by atoms with Crippen molar-refractivity contribution in [2.24, 2.45) is 11.7 Å². The van der Waals surface area contributed by atoms with Crippen LogP contribution in [0.3, 0.4) is 0 Å². The molecule has 1 amide bonds. The third kappa shape index (κ3) is 5.06. The lowest BCUT2D eigenvalue weighted by atomic mass is 9.78. The predicted octanol–water partition coefficient (Wildman–Crippen LogP) is 1.91. The second kappa shape index (κ2) is 10.1. The van der Waals surface area contributed by atoms with Crippen LogP contribution in [0.15, 0.2) is 6.07 Å². The van der Waals surface area contributed by atoms with Crippen LogP contribution in [0.4, 0.5) is 5.82 Å². The number of hydrogen-bond acceptors (Lipinski definition) is 6. The van der Waals surface area contributed by atoms with E-state index in [1.165, 1.54) is 0 Å². The SMILES string of the molecule is Cc1nc(C2CC(N)C2)cc(N2CCC(C(=O)N3CCOCC3)CC2)n1.Cl.Cl. The van der Waals surface area contributed by atoms with Crippen LogP contribution >= 0.6 is 24.8 Å². The van der Waals surface area contributed by atoms with Gasteiger partial charge in [0, 0.05) is 55.8 Å². The summed E-state index contributed by atoms with van der Waals surface area (Å²) in [4.78, 5) is 26.2. The summed E-state index contributed by atoms with van der Waals surface area (Å²) in [6, 6.07) is 2.45. The quantitative estimate of drug-likeness (QED) is 0.786. The van der Waals surface area contributed by atoms with Gasteiger partial charge in [0.05, 0.1) is 13.2 Å². The summed E-state index contributed by atoms with van der Waals surface area (Å²) >= 11 is 0. The highest BCUT2D eigenvalue weighted by molar-refractivity contribution is 5.85. The number of rotatable bonds is 3. The number of ether oxygens (including phenoxy) is 1. The number of morpholine rings is 1. The minimum absolute atomic E-state index is 0. The summed E-state index contributed by atoms with van der Waals surface area (Å²) in [5.74, 6) is 2.74. The number of piperidine rings is 1. The van der Waals surface area contributed by atoms with Gasteiger partial charge in [-0.15, -0.1) is 24.8 Å². The molecular weight excluding hydrogens is 401 g/mol. The number of carbonyl (C=O) groups excluding carboxylic acids is 1. The molecule has 1 saturated carbocycles. The van der Waals surface area contributed by atoms with Crippen molar-refractivity contribution >= 4 is 36.5 Å². The van der Waals surface area contributed by atoms with E-state index >= 15 is 0 Å². The van der Waals surface area contributed by atoms with Gasteiger partial charge in [0.2, 0.25) is 5.91 Å². The van der Waals surface area contributed by atoms with Gasteiger partial charge in [-0.05, 0) is 32.6 Å². The van der Waals surface area contributed by atoms with Crippen LogP contribution in [0.5, 0.6) is 0 Å². The lowest BCUT2D eigenvalue weighted by Crippen LogP contribution is -2.47. The van der Waals surface area contributed by atoms with Crippen molar-refractivity contribution in [3.05, 3.63) is 17.6 Å². The van der Waals surface area contributed by atoms with Crippen molar-refractivity contribution in [2.45, 2.75) is 44.6 Å². The van der Waals surface area contributed by atoms with E-state index in [4.69, 9.17) is 10.5 Å². The molecule has 0 spiro atoms. The van der Waals surface area contributed by atoms with Crippen molar-refractivity contribution in [1.82, 2.24) is 14.9 Å². The van der Waals surface area contributed by atoms with E-state index < -0.39 is 0 Å². The molecule has 1 aromatic heterocycles. The maximum absolute atomic E-state index is 12.7. The summed E-state index contributed by atoms with van der Waals surface area (Å²) in [6.45, 7) is 6.51. The molecule has 1 aliphatic carbocycles. The normalized spacial score (nSPS) is 25.4. The lowest BCUT2D eigenvalue weighted by Gasteiger charge is -2.36. The Morgan fingerprint density at radius 2 is 1.75 bits per heavy atom. The molecular formula is C19H31Cl2N5O2. The largest absolute Gasteiger partial charge is 0.378 e. The van der Waals surface area contributed by atoms with Crippen LogP contribution in [0, 0.1) is 12.8 Å². The first-order chi connectivity index (χ1) is 12.6. The molecule has 0 unspecified atom stereocenters. The molecule has 158 valence electrons. The van der Waals surface area contributed by atoms with E-state index in [2.05, 4.69) is 20.9 Å². The summed E-state index contributed by atoms with van der Waals surface area (Å²) in [7, 11) is 0. The zero-order chi connectivity index (χ0) is 18.1. The highest BCUT2D eigenvalue weighted by Gasteiger charge is 2.32. The topological polar surface area (TPSA) is 84.6 Å². The van der Waals surface area contributed by atoms with Crippen molar-refractivity contribution in [1.29, 1.82) is 0 Å². The summed E-state index contributed by atoms with van der Waals surface area (Å²) < 4.78 is 5.35. The zero-order valence-corrected chi connectivity index (χ0v) is 18.0. The van der Waals surface area contributed by atoms with Crippen LogP contribution in [0.25, 0.3) is 0 Å². The van der Waals surface area contributed by atoms with E-state index in [1.54, 1.807) is 0 Å². The Bertz CT molecular complexity index is 658. The molecule has 2 aliphatic heterocycles. The Kier molecular flexibility index (Phi) is 8.30. The van der Waals surface area contributed by atoms with Crippen LogP contribution in [0.2, 0.25) is 0 Å². The Labute approximate surface area is 179 Å². The molecule has 4 rings (SSSR count). The van der Waals surface area contributed by atoms with Crippen LogP contribution < -0.4 is 10.6 Å². The minimum Gasteiger partial charge on any atom is -0.378 e. The smallest absolute Gasteiger partial charge is 0.225 e. The Balaban J connectivity index is 0.00000140. The van der Waals surface area contributed by atoms with Gasteiger partial charge in [0.25, 0.3) is 0 Å². The molecule has 0 radical (unpaired) electrons. The molecule has 0 atom stereocenters. The predicted molar refractivity (Wildman–Crippen MR) is 114 cm³/mol. The number of hydrogen-bond donors (Lipinski definition) is 1. The summed E-state index contributed by atoms with van der Waals surface area (Å²) in [6.07, 6.45) is 3.82. The van der Waals surface area contributed by atoms with E-state index in [1.807, 2.05) is 11.8 Å². The second-order valence-electron chi connectivity index (χ2n) is 7.83. The maximum atomic E-state index is 12.7. The number of aryl methyl sites for hydroxylation is 1. The number of nitrogens with zero attached hydrogens (tertiary/aromatic N) is 4. The Morgan fingerprint density at radius 3 is 2.36 bits per heavy atom. The van der Waals surface area contributed by atoms with E-state index in [0.29, 0.717) is 31.1 Å². The number of amides is 1. The number of halogens is 2. The standard InChI is InChI=1S/C19H29N5O2.2ClH/c1-13-21-17(15-10-16(20)11-15)12-18(22-13)23-4-2-14(3-5-23)19(25)24-6-8-26-9-7-24;;/h12,14-16H,2-11,20H2,1H3;2*1H.